The lowest BCUT2D eigenvalue weighted by atomic mass is 10.1. The molecule has 1 heterocycles. The molecule has 1 aliphatic heterocycles. The van der Waals surface area contributed by atoms with E-state index in [0.717, 1.165) is 37.6 Å². The van der Waals surface area contributed by atoms with E-state index in [1.165, 1.54) is 5.56 Å². The molecule has 2 amide bonds. The molecule has 5 nitrogen and oxygen atoms in total. The maximum atomic E-state index is 13.0. The second-order valence-electron chi connectivity index (χ2n) is 8.83. The quantitative estimate of drug-likeness (QED) is 0.794. The third-order valence-corrected chi connectivity index (χ3v) is 5.33. The highest BCUT2D eigenvalue weighted by molar-refractivity contribution is 6.30. The summed E-state index contributed by atoms with van der Waals surface area (Å²) in [7, 11) is 0. The van der Waals surface area contributed by atoms with Gasteiger partial charge in [0.25, 0.3) is 11.8 Å². The molecule has 30 heavy (non-hydrogen) atoms. The van der Waals surface area contributed by atoms with Crippen LogP contribution in [0.4, 0.5) is 0 Å². The fraction of sp³-hybridized carbons (Fsp3) is 0.417. The largest absolute Gasteiger partial charge is 0.347 e. The molecule has 160 valence electrons. The predicted octanol–water partition coefficient (Wildman–Crippen LogP) is 4.22. The van der Waals surface area contributed by atoms with Crippen LogP contribution < -0.4 is 5.32 Å². The number of rotatable bonds is 4. The molecular formula is C24H30ClN3O2. The molecule has 6 heteroatoms. The van der Waals surface area contributed by atoms with Gasteiger partial charge in [-0.15, -0.1) is 0 Å². The molecule has 0 atom stereocenters. The minimum atomic E-state index is -0.296. The first kappa shape index (κ1) is 22.3. The van der Waals surface area contributed by atoms with Crippen LogP contribution in [0.2, 0.25) is 5.02 Å². The lowest BCUT2D eigenvalue weighted by Crippen LogP contribution is -2.40. The molecule has 1 N–H and O–H groups in total. The first-order chi connectivity index (χ1) is 14.2. The molecule has 0 saturated carbocycles. The van der Waals surface area contributed by atoms with Crippen molar-refractivity contribution >= 4 is 23.4 Å². The third kappa shape index (κ3) is 6.31. The zero-order chi connectivity index (χ0) is 21.7. The van der Waals surface area contributed by atoms with Gasteiger partial charge in [-0.1, -0.05) is 23.7 Å². The zero-order valence-corrected chi connectivity index (χ0v) is 18.7. The van der Waals surface area contributed by atoms with Crippen LogP contribution in [0.3, 0.4) is 0 Å². The molecular weight excluding hydrogens is 398 g/mol. The first-order valence-corrected chi connectivity index (χ1v) is 10.8. The number of halogens is 1. The van der Waals surface area contributed by atoms with E-state index < -0.39 is 0 Å². The van der Waals surface area contributed by atoms with Crippen molar-refractivity contribution in [2.24, 2.45) is 0 Å². The molecule has 2 aromatic rings. The van der Waals surface area contributed by atoms with E-state index in [1.807, 2.05) is 49.9 Å². The van der Waals surface area contributed by atoms with Crippen molar-refractivity contribution in [2.75, 3.05) is 26.2 Å². The normalized spacial score (nSPS) is 15.5. The van der Waals surface area contributed by atoms with Crippen LogP contribution in [0, 0.1) is 0 Å². The highest BCUT2D eigenvalue weighted by Crippen LogP contribution is 2.15. The smallest absolute Gasteiger partial charge is 0.253 e. The van der Waals surface area contributed by atoms with Crippen LogP contribution in [0.25, 0.3) is 0 Å². The zero-order valence-electron chi connectivity index (χ0n) is 18.0. The second-order valence-corrected chi connectivity index (χ2v) is 9.27. The Bertz CT molecular complexity index is 873. The summed E-state index contributed by atoms with van der Waals surface area (Å²) in [6.45, 7) is 9.91. The van der Waals surface area contributed by atoms with Gasteiger partial charge in [0.2, 0.25) is 0 Å². The Balaban J connectivity index is 1.57. The Morgan fingerprint density at radius 2 is 1.53 bits per heavy atom. The Morgan fingerprint density at radius 1 is 0.900 bits per heavy atom. The summed E-state index contributed by atoms with van der Waals surface area (Å²) < 4.78 is 0. The molecule has 0 radical (unpaired) electrons. The van der Waals surface area contributed by atoms with Crippen molar-refractivity contribution in [3.63, 3.8) is 0 Å². The summed E-state index contributed by atoms with van der Waals surface area (Å²) in [5, 5.41) is 3.68. The molecule has 0 bridgehead atoms. The van der Waals surface area contributed by atoms with Gasteiger partial charge >= 0.3 is 0 Å². The van der Waals surface area contributed by atoms with Gasteiger partial charge in [-0.05, 0) is 69.2 Å². The van der Waals surface area contributed by atoms with E-state index in [4.69, 9.17) is 11.6 Å². The average Bonchev–Trinajstić information content (AvgIpc) is 2.93. The Morgan fingerprint density at radius 3 is 2.17 bits per heavy atom. The number of nitrogens with zero attached hydrogens (tertiary/aromatic N) is 2. The Kier molecular flexibility index (Phi) is 7.16. The highest BCUT2D eigenvalue weighted by atomic mass is 35.5. The molecule has 0 aromatic heterocycles. The number of nitrogens with one attached hydrogen (secondary N) is 1. The Hall–Kier alpha value is -2.37. The van der Waals surface area contributed by atoms with E-state index in [-0.39, 0.29) is 17.4 Å². The monoisotopic (exact) mass is 427 g/mol. The first-order valence-electron chi connectivity index (χ1n) is 10.4. The lowest BCUT2D eigenvalue weighted by molar-refractivity contribution is 0.0760. The van der Waals surface area contributed by atoms with E-state index >= 15 is 0 Å². The Labute approximate surface area is 184 Å². The molecule has 1 saturated heterocycles. The number of benzene rings is 2. The topological polar surface area (TPSA) is 52.7 Å². The average molecular weight is 428 g/mol. The van der Waals surface area contributed by atoms with E-state index in [9.17, 15) is 9.59 Å². The van der Waals surface area contributed by atoms with Crippen LogP contribution in [-0.2, 0) is 6.54 Å². The molecule has 0 unspecified atom stereocenters. The summed E-state index contributed by atoms with van der Waals surface area (Å²) in [5.74, 6) is -0.111. The fourth-order valence-electron chi connectivity index (χ4n) is 3.54. The van der Waals surface area contributed by atoms with Gasteiger partial charge < -0.3 is 10.2 Å². The minimum Gasteiger partial charge on any atom is -0.347 e. The SMILES string of the molecule is CC(C)(C)NC(=O)c1ccc(C(=O)N2CCCN(Cc3ccc(Cl)cc3)CC2)cc1. The number of hydrogen-bond acceptors (Lipinski definition) is 3. The van der Waals surface area contributed by atoms with Gasteiger partial charge in [0.1, 0.15) is 0 Å². The standard InChI is InChI=1S/C24H30ClN3O2/c1-24(2,3)26-22(29)19-7-9-20(10-8-19)23(30)28-14-4-13-27(15-16-28)17-18-5-11-21(25)12-6-18/h5-12H,4,13-17H2,1-3H3,(H,26,29). The minimum absolute atomic E-state index is 0.0196. The number of hydrogen-bond donors (Lipinski definition) is 1. The van der Waals surface area contributed by atoms with E-state index in [2.05, 4.69) is 10.2 Å². The van der Waals surface area contributed by atoms with Gasteiger partial charge in [-0.2, -0.15) is 0 Å². The van der Waals surface area contributed by atoms with E-state index in [1.54, 1.807) is 24.3 Å². The second kappa shape index (κ2) is 9.63. The maximum Gasteiger partial charge on any atom is 0.253 e. The highest BCUT2D eigenvalue weighted by Gasteiger charge is 2.21. The van der Waals surface area contributed by atoms with Gasteiger partial charge in [0.05, 0.1) is 0 Å². The fourth-order valence-corrected chi connectivity index (χ4v) is 3.67. The molecule has 1 fully saturated rings. The number of carbonyl (C=O) groups excluding carboxylic acids is 2. The lowest BCUT2D eigenvalue weighted by Gasteiger charge is -2.22. The van der Waals surface area contributed by atoms with Crippen LogP contribution in [-0.4, -0.2) is 53.3 Å². The van der Waals surface area contributed by atoms with Crippen molar-refractivity contribution in [2.45, 2.75) is 39.3 Å². The van der Waals surface area contributed by atoms with Gasteiger partial charge in [0, 0.05) is 54.4 Å². The molecule has 0 aliphatic carbocycles. The van der Waals surface area contributed by atoms with E-state index in [0.29, 0.717) is 17.7 Å². The van der Waals surface area contributed by atoms with Crippen molar-refractivity contribution in [3.05, 3.63) is 70.2 Å². The maximum absolute atomic E-state index is 13.0. The van der Waals surface area contributed by atoms with Crippen LogP contribution in [0.15, 0.2) is 48.5 Å². The third-order valence-electron chi connectivity index (χ3n) is 5.08. The van der Waals surface area contributed by atoms with Crippen LogP contribution in [0.1, 0.15) is 53.5 Å². The molecule has 2 aromatic carbocycles. The predicted molar refractivity (Wildman–Crippen MR) is 121 cm³/mol. The van der Waals surface area contributed by atoms with Crippen molar-refractivity contribution in [3.8, 4) is 0 Å². The summed E-state index contributed by atoms with van der Waals surface area (Å²) >= 11 is 5.97. The summed E-state index contributed by atoms with van der Waals surface area (Å²) in [5.41, 5.74) is 2.11. The summed E-state index contributed by atoms with van der Waals surface area (Å²) in [6.07, 6.45) is 0.936. The number of amides is 2. The molecule has 3 rings (SSSR count). The summed E-state index contributed by atoms with van der Waals surface area (Å²) in [6, 6.07) is 14.9. The van der Waals surface area contributed by atoms with Crippen molar-refractivity contribution in [1.82, 2.24) is 15.1 Å². The molecule has 1 aliphatic rings. The van der Waals surface area contributed by atoms with Gasteiger partial charge in [-0.25, -0.2) is 0 Å². The van der Waals surface area contributed by atoms with Crippen LogP contribution in [0.5, 0.6) is 0 Å². The van der Waals surface area contributed by atoms with Crippen LogP contribution >= 0.6 is 11.6 Å². The molecule has 0 spiro atoms. The van der Waals surface area contributed by atoms with Crippen molar-refractivity contribution in [1.29, 1.82) is 0 Å². The summed E-state index contributed by atoms with van der Waals surface area (Å²) in [4.78, 5) is 29.5. The van der Waals surface area contributed by atoms with Crippen molar-refractivity contribution < 1.29 is 9.59 Å². The van der Waals surface area contributed by atoms with Gasteiger partial charge in [0.15, 0.2) is 0 Å². The number of carbonyl (C=O) groups is 2. The van der Waals surface area contributed by atoms with Gasteiger partial charge in [-0.3, -0.25) is 14.5 Å².